The van der Waals surface area contributed by atoms with Crippen LogP contribution in [0.1, 0.15) is 10.4 Å². The second-order valence-electron chi connectivity index (χ2n) is 7.31. The molecule has 2 aromatic heterocycles. The first-order valence-electron chi connectivity index (χ1n) is 9.12. The summed E-state index contributed by atoms with van der Waals surface area (Å²) in [6.45, 7) is 7.47. The van der Waals surface area contributed by atoms with Gasteiger partial charge in [-0.15, -0.1) is 11.3 Å². The van der Waals surface area contributed by atoms with Gasteiger partial charge in [-0.1, -0.05) is 24.3 Å². The summed E-state index contributed by atoms with van der Waals surface area (Å²) < 4.78 is 2.84. The number of likely N-dealkylation sites (N-methyl/N-ethyl adjacent to an activating group) is 1. The zero-order valence-corrected chi connectivity index (χ0v) is 16.5. The molecule has 0 bridgehead atoms. The Morgan fingerprint density at radius 2 is 1.77 bits per heavy atom. The summed E-state index contributed by atoms with van der Waals surface area (Å²) in [5, 5.41) is 0.849. The van der Waals surface area contributed by atoms with Gasteiger partial charge in [0.2, 0.25) is 0 Å². The summed E-state index contributed by atoms with van der Waals surface area (Å²) in [7, 11) is 4.02. The number of thiophene rings is 1. The van der Waals surface area contributed by atoms with Crippen LogP contribution in [0.4, 0.5) is 0 Å². The van der Waals surface area contributed by atoms with Crippen molar-refractivity contribution in [2.24, 2.45) is 7.05 Å². The van der Waals surface area contributed by atoms with Gasteiger partial charge in [-0.3, -0.25) is 9.69 Å². The molecule has 136 valence electrons. The Morgan fingerprint density at radius 3 is 2.50 bits per heavy atom. The highest BCUT2D eigenvalue weighted by Gasteiger charge is 2.18. The Morgan fingerprint density at radius 1 is 1.04 bits per heavy atom. The highest BCUT2D eigenvalue weighted by molar-refractivity contribution is 7.19. The van der Waals surface area contributed by atoms with Crippen LogP contribution < -0.4 is 5.56 Å². The molecule has 0 saturated carbocycles. The number of hydrogen-bond acceptors (Lipinski definition) is 4. The fourth-order valence-corrected chi connectivity index (χ4v) is 4.89. The van der Waals surface area contributed by atoms with Crippen LogP contribution in [0.25, 0.3) is 21.2 Å². The Labute approximate surface area is 158 Å². The van der Waals surface area contributed by atoms with Gasteiger partial charge in [0.25, 0.3) is 5.56 Å². The number of benzene rings is 1. The second kappa shape index (κ2) is 6.99. The van der Waals surface area contributed by atoms with Crippen LogP contribution in [0.15, 0.2) is 41.3 Å². The van der Waals surface area contributed by atoms with E-state index in [0.717, 1.165) is 48.4 Å². The molecule has 1 saturated heterocycles. The van der Waals surface area contributed by atoms with E-state index in [4.69, 9.17) is 0 Å². The first-order valence-corrected chi connectivity index (χ1v) is 9.93. The van der Waals surface area contributed by atoms with Gasteiger partial charge >= 0.3 is 0 Å². The van der Waals surface area contributed by atoms with Crippen molar-refractivity contribution in [3.8, 4) is 11.1 Å². The van der Waals surface area contributed by atoms with Crippen molar-refractivity contribution in [2.45, 2.75) is 13.5 Å². The van der Waals surface area contributed by atoms with E-state index in [0.29, 0.717) is 0 Å². The third-order valence-electron chi connectivity index (χ3n) is 5.31. The van der Waals surface area contributed by atoms with Crippen LogP contribution in [0.2, 0.25) is 0 Å². The maximum atomic E-state index is 12.7. The monoisotopic (exact) mass is 367 g/mol. The minimum Gasteiger partial charge on any atom is -0.317 e. The Kier molecular flexibility index (Phi) is 4.69. The van der Waals surface area contributed by atoms with Crippen molar-refractivity contribution >= 4 is 21.4 Å². The van der Waals surface area contributed by atoms with Crippen molar-refractivity contribution in [1.29, 1.82) is 0 Å². The number of nitrogens with zero attached hydrogens (tertiary/aromatic N) is 3. The Balaban J connectivity index is 1.77. The number of pyridine rings is 1. The molecule has 3 aromatic rings. The summed E-state index contributed by atoms with van der Waals surface area (Å²) >= 11 is 1.78. The summed E-state index contributed by atoms with van der Waals surface area (Å²) in [4.78, 5) is 18.8. The molecule has 4 nitrogen and oxygen atoms in total. The fraction of sp³-hybridized carbons (Fsp3) is 0.381. The van der Waals surface area contributed by atoms with Crippen molar-refractivity contribution in [2.75, 3.05) is 33.2 Å². The van der Waals surface area contributed by atoms with Gasteiger partial charge in [-0.25, -0.2) is 0 Å². The maximum absolute atomic E-state index is 12.7. The molecule has 0 atom stereocenters. The molecular weight excluding hydrogens is 342 g/mol. The zero-order chi connectivity index (χ0) is 18.3. The van der Waals surface area contributed by atoms with Gasteiger partial charge in [0, 0.05) is 61.1 Å². The van der Waals surface area contributed by atoms with Crippen LogP contribution >= 0.6 is 11.3 Å². The first-order chi connectivity index (χ1) is 12.5. The van der Waals surface area contributed by atoms with E-state index in [9.17, 15) is 4.79 Å². The lowest BCUT2D eigenvalue weighted by Gasteiger charge is -2.31. The fourth-order valence-electron chi connectivity index (χ4n) is 3.67. The third kappa shape index (κ3) is 3.22. The first kappa shape index (κ1) is 17.5. The van der Waals surface area contributed by atoms with E-state index < -0.39 is 0 Å². The van der Waals surface area contributed by atoms with Gasteiger partial charge in [-0.2, -0.15) is 0 Å². The van der Waals surface area contributed by atoms with Crippen LogP contribution in [-0.2, 0) is 13.6 Å². The smallest absolute Gasteiger partial charge is 0.259 e. The van der Waals surface area contributed by atoms with E-state index in [1.807, 2.05) is 13.2 Å². The summed E-state index contributed by atoms with van der Waals surface area (Å²) in [6.07, 6.45) is 1.99. The number of rotatable bonds is 3. The molecule has 3 heterocycles. The number of aromatic nitrogens is 1. The molecule has 0 amide bonds. The molecule has 26 heavy (non-hydrogen) atoms. The van der Waals surface area contributed by atoms with Gasteiger partial charge in [0.1, 0.15) is 0 Å². The highest BCUT2D eigenvalue weighted by Crippen LogP contribution is 2.35. The lowest BCUT2D eigenvalue weighted by Crippen LogP contribution is -2.43. The lowest BCUT2D eigenvalue weighted by molar-refractivity contribution is 0.149. The van der Waals surface area contributed by atoms with Crippen LogP contribution in [-0.4, -0.2) is 47.6 Å². The number of fused-ring (bicyclic) bond motifs is 1. The van der Waals surface area contributed by atoms with Crippen LogP contribution in [0.5, 0.6) is 0 Å². The van der Waals surface area contributed by atoms with E-state index in [-0.39, 0.29) is 5.56 Å². The molecule has 1 aromatic carbocycles. The molecule has 0 spiro atoms. The minimum atomic E-state index is 0.0956. The normalized spacial score (nSPS) is 16.4. The van der Waals surface area contributed by atoms with Gasteiger partial charge < -0.3 is 9.47 Å². The number of hydrogen-bond donors (Lipinski definition) is 0. The molecule has 0 radical (unpaired) electrons. The number of aryl methyl sites for hydroxylation is 2. The minimum absolute atomic E-state index is 0.0956. The quantitative estimate of drug-likeness (QED) is 0.711. The summed E-state index contributed by atoms with van der Waals surface area (Å²) in [5.41, 5.74) is 3.70. The molecule has 1 aliphatic rings. The molecule has 4 rings (SSSR count). The molecular formula is C21H25N3OS. The molecule has 5 heteroatoms. The zero-order valence-electron chi connectivity index (χ0n) is 15.7. The molecule has 0 aliphatic carbocycles. The van der Waals surface area contributed by atoms with Crippen molar-refractivity contribution in [3.05, 3.63) is 57.3 Å². The highest BCUT2D eigenvalue weighted by atomic mass is 32.1. The molecule has 0 N–H and O–H groups in total. The van der Waals surface area contributed by atoms with Gasteiger partial charge in [0.15, 0.2) is 0 Å². The van der Waals surface area contributed by atoms with Crippen molar-refractivity contribution in [3.63, 3.8) is 0 Å². The van der Waals surface area contributed by atoms with Crippen molar-refractivity contribution in [1.82, 2.24) is 14.4 Å². The average Bonchev–Trinajstić information content (AvgIpc) is 3.05. The Hall–Kier alpha value is -1.95. The predicted octanol–water partition coefficient (Wildman–Crippen LogP) is 3.32. The SMILES string of the molecule is Cc1ccccc1-c1cn(C)c(=O)c2cc(CN3CCN(C)CC3)sc12. The molecule has 0 unspecified atom stereocenters. The van der Waals surface area contributed by atoms with E-state index in [1.54, 1.807) is 15.9 Å². The van der Waals surface area contributed by atoms with Crippen LogP contribution in [0.3, 0.4) is 0 Å². The van der Waals surface area contributed by atoms with E-state index in [1.165, 1.54) is 16.0 Å². The van der Waals surface area contributed by atoms with Gasteiger partial charge in [0.05, 0.1) is 5.39 Å². The van der Waals surface area contributed by atoms with Crippen LogP contribution in [0, 0.1) is 6.92 Å². The largest absolute Gasteiger partial charge is 0.317 e. The average molecular weight is 368 g/mol. The standard InChI is InChI=1S/C21H25N3OS/c1-15-6-4-5-7-17(15)19-14-23(3)21(25)18-12-16(26-20(18)19)13-24-10-8-22(2)9-11-24/h4-7,12,14H,8-11,13H2,1-3H3. The third-order valence-corrected chi connectivity index (χ3v) is 6.46. The summed E-state index contributed by atoms with van der Waals surface area (Å²) in [5.74, 6) is 0. The predicted molar refractivity (Wildman–Crippen MR) is 110 cm³/mol. The lowest BCUT2D eigenvalue weighted by atomic mass is 10.0. The summed E-state index contributed by atoms with van der Waals surface area (Å²) in [6, 6.07) is 10.5. The Bertz CT molecular complexity index is 996. The second-order valence-corrected chi connectivity index (χ2v) is 8.45. The maximum Gasteiger partial charge on any atom is 0.259 e. The topological polar surface area (TPSA) is 28.5 Å². The van der Waals surface area contributed by atoms with Gasteiger partial charge in [-0.05, 0) is 31.2 Å². The molecule has 1 aliphatic heterocycles. The van der Waals surface area contributed by atoms with E-state index >= 15 is 0 Å². The molecule has 1 fully saturated rings. The van der Waals surface area contributed by atoms with E-state index in [2.05, 4.69) is 54.1 Å². The number of piperazine rings is 1. The van der Waals surface area contributed by atoms with Crippen molar-refractivity contribution < 1.29 is 0 Å².